The summed E-state index contributed by atoms with van der Waals surface area (Å²) < 4.78 is 38.3. The summed E-state index contributed by atoms with van der Waals surface area (Å²) in [4.78, 5) is 15.9. The third kappa shape index (κ3) is 4.60. The Morgan fingerprint density at radius 1 is 1.21 bits per heavy atom. The van der Waals surface area contributed by atoms with Crippen LogP contribution in [0.2, 0.25) is 0 Å². The van der Waals surface area contributed by atoms with Crippen LogP contribution < -0.4 is 10.1 Å². The number of anilines is 2. The van der Waals surface area contributed by atoms with E-state index >= 15 is 0 Å². The van der Waals surface area contributed by atoms with Gasteiger partial charge in [0.15, 0.2) is 17.2 Å². The van der Waals surface area contributed by atoms with Gasteiger partial charge in [-0.2, -0.15) is 9.35 Å². The van der Waals surface area contributed by atoms with Crippen molar-refractivity contribution in [2.75, 3.05) is 38.5 Å². The van der Waals surface area contributed by atoms with Gasteiger partial charge >= 0.3 is 0 Å². The lowest BCUT2D eigenvalue weighted by Gasteiger charge is -2.37. The zero-order chi connectivity index (χ0) is 26.6. The van der Waals surface area contributed by atoms with Crippen LogP contribution in [0.4, 0.5) is 21.8 Å². The summed E-state index contributed by atoms with van der Waals surface area (Å²) in [6, 6.07) is 7.74. The first-order valence-corrected chi connectivity index (χ1v) is 14.9. The molecule has 1 atom stereocenters. The Balaban J connectivity index is 1.40. The lowest BCUT2D eigenvalue weighted by Crippen LogP contribution is -2.33. The van der Waals surface area contributed by atoms with Gasteiger partial charge in [-0.1, -0.05) is 0 Å². The molecule has 1 aliphatic carbocycles. The molecule has 11 heteroatoms. The predicted molar refractivity (Wildman–Crippen MR) is 147 cm³/mol. The molecule has 0 saturated carbocycles. The number of methoxy groups -OCH3 is 1. The number of nitrogens with one attached hydrogen (secondary N) is 1. The summed E-state index contributed by atoms with van der Waals surface area (Å²) in [5.41, 5.74) is 5.54. The van der Waals surface area contributed by atoms with E-state index in [1.54, 1.807) is 16.7 Å². The second kappa shape index (κ2) is 9.32. The number of pyridine rings is 1. The average Bonchev–Trinajstić information content (AvgIpc) is 3.18. The van der Waals surface area contributed by atoms with Crippen LogP contribution in [0.3, 0.4) is 0 Å². The van der Waals surface area contributed by atoms with E-state index in [2.05, 4.69) is 48.7 Å². The summed E-state index contributed by atoms with van der Waals surface area (Å²) in [6.45, 7) is 2.03. The van der Waals surface area contributed by atoms with Crippen molar-refractivity contribution in [3.63, 3.8) is 0 Å². The Bertz CT molecular complexity index is 1680. The number of aryl methyl sites for hydroxylation is 1. The van der Waals surface area contributed by atoms with Crippen molar-refractivity contribution in [3.8, 4) is 11.6 Å². The molecule has 9 nitrogen and oxygen atoms in total. The third-order valence-corrected chi connectivity index (χ3v) is 7.69. The second-order valence-electron chi connectivity index (χ2n) is 10.4. The van der Waals surface area contributed by atoms with Crippen molar-refractivity contribution in [1.82, 2.24) is 24.4 Å². The van der Waals surface area contributed by atoms with E-state index in [0.29, 0.717) is 29.1 Å². The lowest BCUT2D eigenvalue weighted by atomic mass is 9.77. The number of rotatable bonds is 5. The average molecular weight is 536 g/mol. The molecule has 0 bridgehead atoms. The van der Waals surface area contributed by atoms with Crippen molar-refractivity contribution in [2.24, 2.45) is 4.36 Å². The second-order valence-corrected chi connectivity index (χ2v) is 12.9. The number of hydrogen-bond donors (Lipinski definition) is 1. The molecule has 0 spiro atoms. The largest absolute Gasteiger partial charge is 0.493 e. The molecule has 38 heavy (non-hydrogen) atoms. The maximum Gasteiger partial charge on any atom is 0.229 e. The number of benzene rings is 1. The fraction of sp³-hybridized carbons (Fsp3) is 0.370. The number of nitrogens with zero attached hydrogens (tertiary/aromatic N) is 6. The SMILES string of the molecule is COc1ccc(-n2cc(F)c3cnc(Nc4cc5c6c(c4)CN(C)CC6CCC5)nc32)nc1N=S(C)(C)=O. The topological polar surface area (TPSA) is 97.5 Å². The zero-order valence-corrected chi connectivity index (χ0v) is 22.7. The molecule has 1 unspecified atom stereocenters. The van der Waals surface area contributed by atoms with Crippen LogP contribution in [0.5, 0.6) is 5.75 Å². The molecule has 3 aromatic heterocycles. The Labute approximate surface area is 221 Å². The number of aromatic nitrogens is 4. The van der Waals surface area contributed by atoms with Gasteiger partial charge in [0.1, 0.15) is 5.82 Å². The standard InChI is InChI=1S/C27H30FN7O2S/c1-34-13-17-7-5-6-16-10-19(11-18(14-34)24(16)17)30-27-29-12-20-21(28)15-35(26(20)32-27)23-9-8-22(37-2)25(31-23)33-38(3,4)36/h8-12,15,17H,5-7,13-14H2,1-4H3,(H,29,30,32). The zero-order valence-electron chi connectivity index (χ0n) is 21.9. The van der Waals surface area contributed by atoms with Gasteiger partial charge in [-0.05, 0) is 73.2 Å². The first kappa shape index (κ1) is 24.7. The Morgan fingerprint density at radius 2 is 2.03 bits per heavy atom. The van der Waals surface area contributed by atoms with Crippen LogP contribution in [0.1, 0.15) is 35.4 Å². The minimum atomic E-state index is -2.49. The third-order valence-electron chi connectivity index (χ3n) is 7.08. The summed E-state index contributed by atoms with van der Waals surface area (Å²) in [7, 11) is 1.17. The van der Waals surface area contributed by atoms with E-state index in [9.17, 15) is 8.60 Å². The van der Waals surface area contributed by atoms with Crippen LogP contribution in [0, 0.1) is 5.82 Å². The smallest absolute Gasteiger partial charge is 0.229 e. The number of hydrogen-bond acceptors (Lipinski definition) is 8. The monoisotopic (exact) mass is 535 g/mol. The Kier molecular flexibility index (Phi) is 6.07. The molecule has 1 aliphatic heterocycles. The fourth-order valence-electron chi connectivity index (χ4n) is 5.64. The van der Waals surface area contributed by atoms with Crippen molar-refractivity contribution in [2.45, 2.75) is 31.7 Å². The van der Waals surface area contributed by atoms with Gasteiger partial charge in [-0.15, -0.1) is 0 Å². The van der Waals surface area contributed by atoms with E-state index in [4.69, 9.17) is 4.74 Å². The van der Waals surface area contributed by atoms with E-state index < -0.39 is 15.5 Å². The first-order chi connectivity index (χ1) is 18.2. The number of likely N-dealkylation sites (N-methyl/N-ethyl adjacent to an activating group) is 1. The van der Waals surface area contributed by atoms with E-state index in [0.717, 1.165) is 25.2 Å². The molecule has 1 aromatic carbocycles. The van der Waals surface area contributed by atoms with Gasteiger partial charge in [-0.25, -0.2) is 18.6 Å². The normalized spacial score (nSPS) is 17.3. The molecule has 0 fully saturated rings. The molecule has 2 aliphatic rings. The van der Waals surface area contributed by atoms with Gasteiger partial charge in [-0.3, -0.25) is 4.57 Å². The van der Waals surface area contributed by atoms with Gasteiger partial charge in [0.05, 0.1) is 12.5 Å². The van der Waals surface area contributed by atoms with E-state index in [1.165, 1.54) is 61.5 Å². The minimum absolute atomic E-state index is 0.181. The van der Waals surface area contributed by atoms with Gasteiger partial charge < -0.3 is 15.0 Å². The fourth-order valence-corrected chi connectivity index (χ4v) is 6.18. The molecule has 1 N–H and O–H groups in total. The molecule has 198 valence electrons. The molecule has 0 amide bonds. The summed E-state index contributed by atoms with van der Waals surface area (Å²) in [5.74, 6) is 1.43. The molecule has 0 radical (unpaired) electrons. The highest BCUT2D eigenvalue weighted by molar-refractivity contribution is 7.92. The first-order valence-electron chi connectivity index (χ1n) is 12.6. The van der Waals surface area contributed by atoms with Crippen molar-refractivity contribution in [1.29, 1.82) is 0 Å². The predicted octanol–water partition coefficient (Wildman–Crippen LogP) is 4.93. The van der Waals surface area contributed by atoms with Gasteiger partial charge in [0.25, 0.3) is 0 Å². The summed E-state index contributed by atoms with van der Waals surface area (Å²) in [5, 5.41) is 3.62. The molecule has 0 saturated heterocycles. The minimum Gasteiger partial charge on any atom is -0.493 e. The Morgan fingerprint density at radius 3 is 2.82 bits per heavy atom. The lowest BCUT2D eigenvalue weighted by molar-refractivity contribution is 0.266. The molecular formula is C27H30FN7O2S. The quantitative estimate of drug-likeness (QED) is 0.387. The van der Waals surface area contributed by atoms with Crippen LogP contribution in [-0.4, -0.2) is 61.8 Å². The van der Waals surface area contributed by atoms with Crippen molar-refractivity contribution < 1.29 is 13.3 Å². The highest BCUT2D eigenvalue weighted by atomic mass is 32.2. The van der Waals surface area contributed by atoms with Crippen LogP contribution >= 0.6 is 0 Å². The summed E-state index contributed by atoms with van der Waals surface area (Å²) >= 11 is 0. The molecule has 6 rings (SSSR count). The van der Waals surface area contributed by atoms with Gasteiger partial charge in [0, 0.05) is 53.4 Å². The van der Waals surface area contributed by atoms with Crippen LogP contribution in [0.25, 0.3) is 16.9 Å². The van der Waals surface area contributed by atoms with Crippen molar-refractivity contribution >= 4 is 38.2 Å². The highest BCUT2D eigenvalue weighted by Crippen LogP contribution is 2.40. The van der Waals surface area contributed by atoms with Crippen LogP contribution in [0.15, 0.2) is 41.0 Å². The Hall–Kier alpha value is -3.57. The van der Waals surface area contributed by atoms with Gasteiger partial charge in [0.2, 0.25) is 11.8 Å². The van der Waals surface area contributed by atoms with Crippen LogP contribution in [-0.2, 0) is 22.7 Å². The number of fused-ring (bicyclic) bond motifs is 1. The maximum absolute atomic E-state index is 14.9. The van der Waals surface area contributed by atoms with E-state index in [1.807, 2.05) is 0 Å². The summed E-state index contributed by atoms with van der Waals surface area (Å²) in [6.07, 6.45) is 9.33. The number of ether oxygens (including phenoxy) is 1. The molecule has 4 heterocycles. The van der Waals surface area contributed by atoms with E-state index in [-0.39, 0.29) is 11.2 Å². The molecular weight excluding hydrogens is 505 g/mol. The maximum atomic E-state index is 14.9. The molecule has 4 aromatic rings. The van der Waals surface area contributed by atoms with Crippen molar-refractivity contribution in [3.05, 3.63) is 59.2 Å². The highest BCUT2D eigenvalue weighted by Gasteiger charge is 2.29. The number of halogens is 1.